The Morgan fingerprint density at radius 3 is 2.45 bits per heavy atom. The van der Waals surface area contributed by atoms with E-state index in [-0.39, 0.29) is 0 Å². The van der Waals surface area contributed by atoms with Gasteiger partial charge in [0.15, 0.2) is 0 Å². The van der Waals surface area contributed by atoms with Crippen molar-refractivity contribution in [3.8, 4) is 0 Å². The third kappa shape index (κ3) is 2.22. The second-order valence-electron chi connectivity index (χ2n) is 3.16. The number of hydrogen-bond acceptors (Lipinski definition) is 2. The topological polar surface area (TPSA) is 24.1 Å². The highest BCUT2D eigenvalue weighted by molar-refractivity contribution is 4.87. The first-order chi connectivity index (χ1) is 5.38. The lowest BCUT2D eigenvalue weighted by atomic mass is 9.90. The average molecular weight is 154 g/mol. The monoisotopic (exact) mass is 154 g/mol. The fourth-order valence-corrected chi connectivity index (χ4v) is 1.83. The van der Waals surface area contributed by atoms with E-state index >= 15 is 0 Å². The van der Waals surface area contributed by atoms with E-state index in [0.717, 1.165) is 0 Å². The van der Waals surface area contributed by atoms with Crippen molar-refractivity contribution in [2.75, 3.05) is 7.05 Å². The summed E-state index contributed by atoms with van der Waals surface area (Å²) in [4.78, 5) is 0. The van der Waals surface area contributed by atoms with Crippen molar-refractivity contribution in [1.82, 2.24) is 10.6 Å². The van der Waals surface area contributed by atoms with Gasteiger partial charge >= 0.3 is 0 Å². The van der Waals surface area contributed by atoms with Crippen molar-refractivity contribution >= 4 is 0 Å². The molecule has 2 atom stereocenters. The third-order valence-electron chi connectivity index (χ3n) is 2.47. The molecule has 64 valence electrons. The van der Waals surface area contributed by atoms with Crippen molar-refractivity contribution in [3.63, 3.8) is 0 Å². The Labute approximate surface area is 69.1 Å². The van der Waals surface area contributed by atoms with E-state index in [1.165, 1.54) is 25.7 Å². The first-order valence-electron chi connectivity index (χ1n) is 4.42. The van der Waals surface area contributed by atoms with E-state index < -0.39 is 0 Å². The van der Waals surface area contributed by atoms with Crippen molar-refractivity contribution in [3.05, 3.63) is 12.8 Å². The quantitative estimate of drug-likeness (QED) is 0.639. The molecule has 1 fully saturated rings. The first-order valence-corrected chi connectivity index (χ1v) is 4.42. The Hall–Kier alpha value is -0.500. The molecule has 0 aromatic rings. The summed E-state index contributed by atoms with van der Waals surface area (Å²) in [6.07, 6.45) is 7.09. The fraction of sp³-hybridized carbons (Fsp3) is 0.778. The zero-order valence-corrected chi connectivity index (χ0v) is 7.27. The van der Waals surface area contributed by atoms with Gasteiger partial charge in [0.25, 0.3) is 0 Å². The molecule has 0 aromatic heterocycles. The van der Waals surface area contributed by atoms with Crippen LogP contribution in [0.4, 0.5) is 0 Å². The van der Waals surface area contributed by atoms with Crippen LogP contribution < -0.4 is 10.6 Å². The van der Waals surface area contributed by atoms with Crippen LogP contribution >= 0.6 is 0 Å². The first kappa shape index (κ1) is 8.60. The van der Waals surface area contributed by atoms with Gasteiger partial charge in [-0.15, -0.1) is 0 Å². The second kappa shape index (κ2) is 4.39. The maximum atomic E-state index is 3.68. The van der Waals surface area contributed by atoms with Crippen LogP contribution in [0.2, 0.25) is 0 Å². The summed E-state index contributed by atoms with van der Waals surface area (Å²) in [5.74, 6) is 0. The molecule has 1 rings (SSSR count). The summed E-state index contributed by atoms with van der Waals surface area (Å²) >= 11 is 0. The van der Waals surface area contributed by atoms with Crippen LogP contribution in [0, 0.1) is 0 Å². The molecular weight excluding hydrogens is 136 g/mol. The Morgan fingerprint density at radius 2 is 1.91 bits per heavy atom. The van der Waals surface area contributed by atoms with Gasteiger partial charge in [0, 0.05) is 12.1 Å². The van der Waals surface area contributed by atoms with Crippen molar-refractivity contribution in [2.45, 2.75) is 37.8 Å². The number of nitrogens with one attached hydrogen (secondary N) is 2. The predicted octanol–water partition coefficient (Wildman–Crippen LogP) is 1.25. The van der Waals surface area contributed by atoms with Gasteiger partial charge in [-0.05, 0) is 26.1 Å². The van der Waals surface area contributed by atoms with Crippen LogP contribution in [0.5, 0.6) is 0 Å². The summed E-state index contributed by atoms with van der Waals surface area (Å²) < 4.78 is 0. The highest BCUT2D eigenvalue weighted by Gasteiger charge is 2.21. The van der Waals surface area contributed by atoms with Crippen molar-refractivity contribution in [1.29, 1.82) is 0 Å². The Balaban J connectivity index is 2.37. The summed E-state index contributed by atoms with van der Waals surface area (Å²) in [6.45, 7) is 3.68. The second-order valence-corrected chi connectivity index (χ2v) is 3.16. The summed E-state index contributed by atoms with van der Waals surface area (Å²) in [6, 6.07) is 1.24. The van der Waals surface area contributed by atoms with Crippen LogP contribution in [0.1, 0.15) is 25.7 Å². The predicted molar refractivity (Wildman–Crippen MR) is 48.4 cm³/mol. The van der Waals surface area contributed by atoms with Gasteiger partial charge in [-0.2, -0.15) is 0 Å². The van der Waals surface area contributed by atoms with E-state index in [4.69, 9.17) is 0 Å². The lowest BCUT2D eigenvalue weighted by molar-refractivity contribution is 0.317. The van der Waals surface area contributed by atoms with Gasteiger partial charge in [-0.25, -0.2) is 0 Å². The number of hydrogen-bond donors (Lipinski definition) is 2. The molecule has 1 aliphatic carbocycles. The van der Waals surface area contributed by atoms with Gasteiger partial charge in [-0.3, -0.25) is 0 Å². The Kier molecular flexibility index (Phi) is 3.43. The van der Waals surface area contributed by atoms with Crippen LogP contribution in [0.15, 0.2) is 12.8 Å². The van der Waals surface area contributed by atoms with Crippen LogP contribution in [0.25, 0.3) is 0 Å². The smallest absolute Gasteiger partial charge is 0.0408 e. The molecule has 0 saturated heterocycles. The Bertz CT molecular complexity index is 123. The molecule has 2 heteroatoms. The van der Waals surface area contributed by atoms with E-state index in [0.29, 0.717) is 12.1 Å². The normalized spacial score (nSPS) is 31.4. The molecule has 0 aromatic carbocycles. The SMILES string of the molecule is C=CN[C@@H]1CCCC[C@H]1NC. The van der Waals surface area contributed by atoms with Crippen molar-refractivity contribution < 1.29 is 0 Å². The van der Waals surface area contributed by atoms with Crippen LogP contribution in [0.3, 0.4) is 0 Å². The van der Waals surface area contributed by atoms with Gasteiger partial charge < -0.3 is 10.6 Å². The van der Waals surface area contributed by atoms with Gasteiger partial charge in [0.1, 0.15) is 0 Å². The lowest BCUT2D eigenvalue weighted by Gasteiger charge is -2.31. The molecular formula is C9H18N2. The highest BCUT2D eigenvalue weighted by atomic mass is 15.0. The maximum Gasteiger partial charge on any atom is 0.0408 e. The van der Waals surface area contributed by atoms with E-state index in [9.17, 15) is 0 Å². The minimum Gasteiger partial charge on any atom is -0.387 e. The summed E-state index contributed by atoms with van der Waals surface area (Å²) in [7, 11) is 2.04. The molecule has 2 nitrogen and oxygen atoms in total. The molecule has 0 heterocycles. The van der Waals surface area contributed by atoms with Crippen LogP contribution in [-0.2, 0) is 0 Å². The molecule has 0 amide bonds. The van der Waals surface area contributed by atoms with Crippen molar-refractivity contribution in [2.24, 2.45) is 0 Å². The fourth-order valence-electron chi connectivity index (χ4n) is 1.83. The standard InChI is InChI=1S/C9H18N2/c1-3-11-9-7-5-4-6-8(9)10-2/h3,8-11H,1,4-7H2,2H3/t8-,9-/m1/s1. The van der Waals surface area contributed by atoms with E-state index in [1.54, 1.807) is 6.20 Å². The molecule has 0 radical (unpaired) electrons. The number of rotatable bonds is 3. The zero-order chi connectivity index (χ0) is 8.10. The number of likely N-dealkylation sites (N-methyl/N-ethyl adjacent to an activating group) is 1. The zero-order valence-electron chi connectivity index (χ0n) is 7.27. The summed E-state index contributed by atoms with van der Waals surface area (Å²) in [5, 5.41) is 6.62. The lowest BCUT2D eigenvalue weighted by Crippen LogP contribution is -2.46. The van der Waals surface area contributed by atoms with Gasteiger partial charge in [0.2, 0.25) is 0 Å². The minimum atomic E-state index is 0.603. The summed E-state index contributed by atoms with van der Waals surface area (Å²) in [5.41, 5.74) is 0. The van der Waals surface area contributed by atoms with E-state index in [2.05, 4.69) is 17.2 Å². The molecule has 11 heavy (non-hydrogen) atoms. The van der Waals surface area contributed by atoms with Crippen LogP contribution in [-0.4, -0.2) is 19.1 Å². The molecule has 0 aliphatic heterocycles. The average Bonchev–Trinajstić information content (AvgIpc) is 2.06. The van der Waals surface area contributed by atoms with Gasteiger partial charge in [0.05, 0.1) is 0 Å². The Morgan fingerprint density at radius 1 is 1.27 bits per heavy atom. The largest absolute Gasteiger partial charge is 0.387 e. The van der Waals surface area contributed by atoms with E-state index in [1.807, 2.05) is 7.05 Å². The molecule has 0 spiro atoms. The maximum absolute atomic E-state index is 3.68. The molecule has 0 unspecified atom stereocenters. The molecule has 1 aliphatic rings. The van der Waals surface area contributed by atoms with Gasteiger partial charge in [-0.1, -0.05) is 19.4 Å². The highest BCUT2D eigenvalue weighted by Crippen LogP contribution is 2.17. The molecule has 0 bridgehead atoms. The molecule has 1 saturated carbocycles. The minimum absolute atomic E-state index is 0.603. The molecule has 2 N–H and O–H groups in total. The third-order valence-corrected chi connectivity index (χ3v) is 2.47.